The lowest BCUT2D eigenvalue weighted by molar-refractivity contribution is 0.0398. The minimum absolute atomic E-state index is 0.225. The number of morpholine rings is 1. The number of imidazole rings is 5. The first-order valence-electron chi connectivity index (χ1n) is 51.1. The molecule has 3 aliphatic heterocycles. The topological polar surface area (TPSA) is 372 Å². The quantitative estimate of drug-likeness (QED) is 0.0167. The molecular weight excluding hydrogens is 1900 g/mol. The highest BCUT2D eigenvalue weighted by molar-refractivity contribution is 5.82. The number of hydrogen-bond donors (Lipinski definition) is 11. The summed E-state index contributed by atoms with van der Waals surface area (Å²) < 4.78 is 91.6. The van der Waals surface area contributed by atoms with Gasteiger partial charge in [-0.2, -0.15) is 24.9 Å². The fourth-order valence-electron chi connectivity index (χ4n) is 18.0. The summed E-state index contributed by atoms with van der Waals surface area (Å²) in [6.45, 7) is 24.9. The van der Waals surface area contributed by atoms with Crippen molar-refractivity contribution in [1.29, 1.82) is 0 Å². The molecule has 1 aliphatic carbocycles. The van der Waals surface area contributed by atoms with E-state index in [1.807, 2.05) is 85.0 Å². The van der Waals surface area contributed by atoms with Crippen molar-refractivity contribution in [1.82, 2.24) is 108 Å². The first-order valence-corrected chi connectivity index (χ1v) is 51.1. The van der Waals surface area contributed by atoms with Gasteiger partial charge in [0.05, 0.1) is 78.3 Å². The van der Waals surface area contributed by atoms with Crippen LogP contribution in [-0.4, -0.2) is 193 Å². The van der Waals surface area contributed by atoms with Crippen LogP contribution in [0.1, 0.15) is 110 Å². The molecule has 34 nitrogen and oxygen atoms in total. The molecule has 4 fully saturated rings. The maximum Gasteiger partial charge on any atom is 0.224 e. The number of halogens is 5. The van der Waals surface area contributed by atoms with Gasteiger partial charge in [-0.1, -0.05) is 194 Å². The predicted molar refractivity (Wildman–Crippen MR) is 578 cm³/mol. The van der Waals surface area contributed by atoms with E-state index in [1.54, 1.807) is 122 Å². The average Bonchev–Trinajstić information content (AvgIpc) is 1.67. The van der Waals surface area contributed by atoms with Crippen LogP contribution in [0.5, 0.6) is 0 Å². The van der Waals surface area contributed by atoms with Crippen LogP contribution in [0.15, 0.2) is 243 Å². The van der Waals surface area contributed by atoms with Gasteiger partial charge in [-0.25, -0.2) is 71.8 Å². The number of benzene rings is 8. The van der Waals surface area contributed by atoms with Gasteiger partial charge in [-0.15, -0.1) is 0 Å². The van der Waals surface area contributed by atoms with E-state index in [1.165, 1.54) is 54.3 Å². The molecule has 11 N–H and O–H groups in total. The first kappa shape index (κ1) is 103. The van der Waals surface area contributed by atoms with Crippen molar-refractivity contribution in [3.8, 4) is 5.69 Å². The molecule has 0 spiro atoms. The highest BCUT2D eigenvalue weighted by atomic mass is 19.1. The van der Waals surface area contributed by atoms with Gasteiger partial charge in [0.15, 0.2) is 28.2 Å². The van der Waals surface area contributed by atoms with Crippen LogP contribution < -0.4 is 58.5 Å². The molecule has 18 aromatic rings. The van der Waals surface area contributed by atoms with Gasteiger partial charge < -0.3 is 68.0 Å². The van der Waals surface area contributed by atoms with Crippen LogP contribution in [0.3, 0.4) is 0 Å². The van der Waals surface area contributed by atoms with Crippen molar-refractivity contribution >= 4 is 144 Å². The number of nitrogens with zero attached hydrogens (tertiary/aromatic N) is 21. The molecule has 0 radical (unpaired) electrons. The lowest BCUT2D eigenvalue weighted by atomic mass is 10.1. The van der Waals surface area contributed by atoms with E-state index in [4.69, 9.17) is 39.4 Å². The molecule has 13 heterocycles. The summed E-state index contributed by atoms with van der Waals surface area (Å²) in [5.41, 5.74) is 12.2. The Hall–Kier alpha value is -16.0. The first-order chi connectivity index (χ1) is 72.8. The number of para-hydroxylation sites is 6. The fraction of sp³-hybridized carbons (Fsp3) is 0.336. The summed E-state index contributed by atoms with van der Waals surface area (Å²) in [5.74, 6) is 5.15. The summed E-state index contributed by atoms with van der Waals surface area (Å²) in [6, 6.07) is 64.2. The Labute approximate surface area is 860 Å². The number of fused-ring (bicyclic) bond motifs is 5. The fourth-order valence-corrected chi connectivity index (χ4v) is 18.0. The van der Waals surface area contributed by atoms with Crippen molar-refractivity contribution in [2.24, 2.45) is 17.8 Å². The Balaban J connectivity index is 0.000000122. The Kier molecular flexibility index (Phi) is 34.8. The second-order valence-electron chi connectivity index (χ2n) is 38.1. The molecule has 0 bridgehead atoms. The number of ether oxygens (including phenoxy) is 2. The van der Waals surface area contributed by atoms with Gasteiger partial charge in [0, 0.05) is 90.2 Å². The van der Waals surface area contributed by atoms with Crippen molar-refractivity contribution in [3.05, 3.63) is 284 Å². The highest BCUT2D eigenvalue weighted by Gasteiger charge is 2.28. The Morgan fingerprint density at radius 1 is 0.329 bits per heavy atom. The molecule has 772 valence electrons. The third-order valence-corrected chi connectivity index (χ3v) is 25.4. The zero-order chi connectivity index (χ0) is 103. The van der Waals surface area contributed by atoms with Crippen LogP contribution in [-0.2, 0) is 41.9 Å². The maximum atomic E-state index is 14.3. The molecule has 8 aromatic carbocycles. The molecule has 10 aromatic heterocycles. The summed E-state index contributed by atoms with van der Waals surface area (Å²) in [4.78, 5) is 71.2. The Bertz CT molecular complexity index is 7390. The monoisotopic (exact) mass is 2020 g/mol. The summed E-state index contributed by atoms with van der Waals surface area (Å²) in [5, 5.41) is 35.8. The molecule has 0 unspecified atom stereocenters. The largest absolute Gasteiger partial charge is 0.381 e. The molecule has 0 atom stereocenters. The van der Waals surface area contributed by atoms with Crippen LogP contribution in [0.2, 0.25) is 0 Å². The second-order valence-corrected chi connectivity index (χ2v) is 38.1. The number of nitrogens with one attached hydrogen (secondary N) is 11. The molecule has 3 saturated heterocycles. The van der Waals surface area contributed by atoms with E-state index in [0.717, 1.165) is 158 Å². The van der Waals surface area contributed by atoms with Crippen LogP contribution in [0, 0.1) is 46.8 Å². The van der Waals surface area contributed by atoms with Crippen molar-refractivity contribution in [2.45, 2.75) is 144 Å². The lowest BCUT2D eigenvalue weighted by Crippen LogP contribution is -2.39. The zero-order valence-electron chi connectivity index (χ0n) is 84.3. The average molecular weight is 2020 g/mol. The van der Waals surface area contributed by atoms with Gasteiger partial charge in [0.1, 0.15) is 56.7 Å². The van der Waals surface area contributed by atoms with Crippen molar-refractivity contribution in [3.63, 3.8) is 0 Å². The molecule has 0 amide bonds. The smallest absolute Gasteiger partial charge is 0.224 e. The molecule has 22 rings (SSSR count). The predicted octanol–water partition coefficient (Wildman–Crippen LogP) is 21.4. The Morgan fingerprint density at radius 3 is 1.07 bits per heavy atom. The third-order valence-electron chi connectivity index (χ3n) is 25.4. The minimum atomic E-state index is -0.353. The second kappa shape index (κ2) is 50.4. The van der Waals surface area contributed by atoms with Crippen LogP contribution in [0.25, 0.3) is 61.5 Å². The number of anilines is 15. The lowest BCUT2D eigenvalue weighted by Gasteiger charge is -2.26. The van der Waals surface area contributed by atoms with Crippen LogP contribution in [0.4, 0.5) is 110 Å². The van der Waals surface area contributed by atoms with E-state index in [9.17, 15) is 22.0 Å². The molecular formula is C110H125F5N32O2. The third kappa shape index (κ3) is 27.5. The molecule has 39 heteroatoms. The van der Waals surface area contributed by atoms with Gasteiger partial charge in [0.2, 0.25) is 59.5 Å². The standard InChI is InChI=1S/C25H21FN6.C24H26FN7.C21H28FN7O.C20H25FN6O.C20H25FN6/c26-20-13-7-8-14-21(20)29-25-30-22-17-28-24(27-16-15-18-9-3-1-4-10-18)31-23(22)32(25)19-11-5-2-6-12-19;25-19-8-4-5-9-20(19)29-24-30-21-16-28-23(27-15-10-17-6-2-1-3-7-17)31-22(21)32(24)18-11-13-26-14-12-18;1-15(2)14-29-19-18(26-21(29)25-17-6-4-3-5-16(17)22)13-24-20(27-19)23-7-8-28-9-11-30-12-10-28;1-13(2)12-27-18-17(25-20(27)24-16-6-4-3-5-15(16)21)11-22-19(26-18)23-14-7-9-28-10-8-14;1-13(2)12-27-18-17(11-22-19(26-18)23-14-7-3-4-8-14)25-20(27)24-16-10-6-5-9-15(16)21/h1-14,17H,15-16H2,(H,29,30)(H,27,28,31);1-9,16,18,26H,10-15H2,(H,29,30)(H,27,28,31);3-6,13,15H,7-12,14H2,1-2H3,(H,25,26)(H,23,24,27);3-6,11,13-14H,7-10,12H2,1-2H3,(H,24,25)(H,22,23,26);5-6,9-11,13-14H,3-4,7-8,12H2,1-2H3,(H,24,25)(H,22,23,26). The number of rotatable bonds is 34. The van der Waals surface area contributed by atoms with Gasteiger partial charge in [-0.05, 0) is 166 Å². The number of aromatic nitrogens is 20. The summed E-state index contributed by atoms with van der Waals surface area (Å²) >= 11 is 0. The SMILES string of the molecule is CC(C)Cn1c(Nc2ccccc2F)nc2cnc(NC3CCCC3)nc21.CC(C)Cn1c(Nc2ccccc2F)nc2cnc(NC3CCOCC3)nc21.CC(C)Cn1c(Nc2ccccc2F)nc2cnc(NCCN3CCOCC3)nc21.Fc1ccccc1Nc1nc2cnc(NCCc3ccccc3)nc2n1-c1ccccc1.Fc1ccccc1Nc1nc2cnc(NCCc3ccccc3)nc2n1C1CCNCC1. The van der Waals surface area contributed by atoms with Crippen molar-refractivity contribution in [2.75, 3.05) is 132 Å². The normalized spacial score (nSPS) is 14.1. The summed E-state index contributed by atoms with van der Waals surface area (Å²) in [7, 11) is 0. The molecule has 149 heavy (non-hydrogen) atoms. The van der Waals surface area contributed by atoms with E-state index in [2.05, 4.69) is 179 Å². The molecule has 4 aliphatic rings. The van der Waals surface area contributed by atoms with Crippen LogP contribution >= 0.6 is 0 Å². The molecule has 1 saturated carbocycles. The maximum absolute atomic E-state index is 14.3. The van der Waals surface area contributed by atoms with Crippen molar-refractivity contribution < 1.29 is 31.4 Å². The van der Waals surface area contributed by atoms with E-state index in [0.29, 0.717) is 171 Å². The zero-order valence-corrected chi connectivity index (χ0v) is 84.3. The van der Waals surface area contributed by atoms with E-state index < -0.39 is 0 Å². The van der Waals surface area contributed by atoms with E-state index >= 15 is 0 Å². The van der Waals surface area contributed by atoms with Gasteiger partial charge in [-0.3, -0.25) is 27.7 Å². The highest BCUT2D eigenvalue weighted by Crippen LogP contribution is 2.36. The van der Waals surface area contributed by atoms with Gasteiger partial charge in [0.25, 0.3) is 0 Å². The number of hydrogen-bond acceptors (Lipinski definition) is 29. The summed E-state index contributed by atoms with van der Waals surface area (Å²) in [6.07, 6.45) is 18.9. The number of piperidine rings is 1. The Morgan fingerprint density at radius 2 is 0.651 bits per heavy atom. The van der Waals surface area contributed by atoms with Gasteiger partial charge >= 0.3 is 0 Å². The minimum Gasteiger partial charge on any atom is -0.381 e. The van der Waals surface area contributed by atoms with E-state index in [-0.39, 0.29) is 35.1 Å².